The number of halogens is 1. The highest BCUT2D eigenvalue weighted by molar-refractivity contribution is 6.05. The summed E-state index contributed by atoms with van der Waals surface area (Å²) >= 11 is 0. The molecule has 1 unspecified atom stereocenters. The van der Waals surface area contributed by atoms with Crippen LogP contribution in [-0.4, -0.2) is 28.1 Å². The predicted octanol–water partition coefficient (Wildman–Crippen LogP) is 1.24. The van der Waals surface area contributed by atoms with Gasteiger partial charge in [-0.1, -0.05) is 5.16 Å². The van der Waals surface area contributed by atoms with Crippen molar-refractivity contribution in [3.8, 4) is 5.75 Å². The number of rotatable bonds is 1. The van der Waals surface area contributed by atoms with Crippen LogP contribution in [0.15, 0.2) is 23.4 Å². The average molecular weight is 225 g/mol. The Kier molecular flexibility index (Phi) is 2.47. The minimum Gasteiger partial charge on any atom is -0.478 e. The van der Waals surface area contributed by atoms with Gasteiger partial charge < -0.3 is 15.1 Å². The molecule has 84 valence electrons. The van der Waals surface area contributed by atoms with Crippen LogP contribution in [-0.2, 0) is 4.79 Å². The fourth-order valence-electron chi connectivity index (χ4n) is 1.54. The van der Waals surface area contributed by atoms with E-state index in [-0.39, 0.29) is 23.4 Å². The first-order valence-corrected chi connectivity index (χ1v) is 4.52. The van der Waals surface area contributed by atoms with Crippen molar-refractivity contribution < 1.29 is 24.2 Å². The van der Waals surface area contributed by atoms with Gasteiger partial charge in [0.2, 0.25) is 6.10 Å². The van der Waals surface area contributed by atoms with E-state index < -0.39 is 17.9 Å². The van der Waals surface area contributed by atoms with Crippen LogP contribution in [0.1, 0.15) is 12.0 Å². The summed E-state index contributed by atoms with van der Waals surface area (Å²) in [6.07, 6.45) is -1.20. The normalized spacial score (nSPS) is 21.3. The van der Waals surface area contributed by atoms with E-state index >= 15 is 0 Å². The minimum absolute atomic E-state index is 0.0950. The Labute approximate surface area is 89.8 Å². The number of aliphatic carboxylic acids is 1. The maximum atomic E-state index is 13.0. The Morgan fingerprint density at radius 2 is 2.31 bits per heavy atom. The standard InChI is InChI=1S/C10H8FNO4/c11-5-1-2-8-6(3-5)7(12-15)4-9(16-8)10(13)14/h1-3,9,15H,4H2,(H,13,14). The van der Waals surface area contributed by atoms with E-state index in [1.165, 1.54) is 6.07 Å². The van der Waals surface area contributed by atoms with Crippen LogP contribution in [0.4, 0.5) is 4.39 Å². The second kappa shape index (κ2) is 3.80. The summed E-state index contributed by atoms with van der Waals surface area (Å²) < 4.78 is 18.1. The molecule has 2 N–H and O–H groups in total. The Balaban J connectivity index is 2.46. The van der Waals surface area contributed by atoms with Crippen LogP contribution in [0.5, 0.6) is 5.75 Å². The first-order chi connectivity index (χ1) is 7.61. The van der Waals surface area contributed by atoms with E-state index in [0.29, 0.717) is 0 Å². The van der Waals surface area contributed by atoms with Crippen LogP contribution >= 0.6 is 0 Å². The summed E-state index contributed by atoms with van der Waals surface area (Å²) in [6.45, 7) is 0. The number of oxime groups is 1. The van der Waals surface area contributed by atoms with Crippen molar-refractivity contribution in [2.45, 2.75) is 12.5 Å². The summed E-state index contributed by atoms with van der Waals surface area (Å²) in [5.74, 6) is -1.46. The number of hydrogen-bond donors (Lipinski definition) is 2. The zero-order valence-corrected chi connectivity index (χ0v) is 8.05. The van der Waals surface area contributed by atoms with Gasteiger partial charge in [0.1, 0.15) is 11.6 Å². The average Bonchev–Trinajstić information content (AvgIpc) is 2.27. The quantitative estimate of drug-likeness (QED) is 0.556. The number of nitrogens with zero attached hydrogens (tertiary/aromatic N) is 1. The molecule has 1 heterocycles. The fraction of sp³-hybridized carbons (Fsp3) is 0.200. The smallest absolute Gasteiger partial charge is 0.345 e. The number of carboxylic acid groups (broad SMARTS) is 1. The monoisotopic (exact) mass is 225 g/mol. The van der Waals surface area contributed by atoms with Crippen molar-refractivity contribution >= 4 is 11.7 Å². The lowest BCUT2D eigenvalue weighted by Crippen LogP contribution is -2.34. The molecule has 2 rings (SSSR count). The number of hydrogen-bond acceptors (Lipinski definition) is 4. The number of ether oxygens (including phenoxy) is 1. The lowest BCUT2D eigenvalue weighted by Gasteiger charge is -2.23. The second-order valence-electron chi connectivity index (χ2n) is 3.34. The molecule has 0 aliphatic carbocycles. The highest BCUT2D eigenvalue weighted by Gasteiger charge is 2.30. The van der Waals surface area contributed by atoms with Gasteiger partial charge >= 0.3 is 5.97 Å². The molecule has 1 aromatic rings. The molecule has 0 bridgehead atoms. The molecule has 0 aromatic heterocycles. The van der Waals surface area contributed by atoms with Crippen LogP contribution in [0, 0.1) is 5.82 Å². The molecule has 5 nitrogen and oxygen atoms in total. The molecule has 1 aromatic carbocycles. The lowest BCUT2D eigenvalue weighted by molar-refractivity contribution is -0.144. The largest absolute Gasteiger partial charge is 0.478 e. The highest BCUT2D eigenvalue weighted by atomic mass is 19.1. The van der Waals surface area contributed by atoms with Gasteiger partial charge in [-0.15, -0.1) is 0 Å². The fourth-order valence-corrected chi connectivity index (χ4v) is 1.54. The Bertz CT molecular complexity index is 472. The third-order valence-electron chi connectivity index (χ3n) is 2.30. The summed E-state index contributed by atoms with van der Waals surface area (Å²) in [4.78, 5) is 10.8. The first-order valence-electron chi connectivity index (χ1n) is 4.52. The van der Waals surface area contributed by atoms with Crippen LogP contribution in [0.25, 0.3) is 0 Å². The van der Waals surface area contributed by atoms with Crippen molar-refractivity contribution in [2.75, 3.05) is 0 Å². The molecule has 1 aliphatic heterocycles. The predicted molar refractivity (Wildman–Crippen MR) is 51.4 cm³/mol. The summed E-state index contributed by atoms with van der Waals surface area (Å²) in [5, 5.41) is 20.5. The van der Waals surface area contributed by atoms with Gasteiger partial charge in [-0.2, -0.15) is 0 Å². The second-order valence-corrected chi connectivity index (χ2v) is 3.34. The molecule has 1 aliphatic rings. The van der Waals surface area contributed by atoms with E-state index in [4.69, 9.17) is 15.1 Å². The molecule has 0 radical (unpaired) electrons. The van der Waals surface area contributed by atoms with Crippen molar-refractivity contribution in [1.82, 2.24) is 0 Å². The van der Waals surface area contributed by atoms with Crippen molar-refractivity contribution in [3.63, 3.8) is 0 Å². The Morgan fingerprint density at radius 1 is 1.56 bits per heavy atom. The zero-order valence-electron chi connectivity index (χ0n) is 8.05. The third-order valence-corrected chi connectivity index (χ3v) is 2.30. The SMILES string of the molecule is O=C(O)C1CC(=NO)c2cc(F)ccc2O1. The van der Waals surface area contributed by atoms with Crippen LogP contribution in [0.2, 0.25) is 0 Å². The molecule has 0 spiro atoms. The van der Waals surface area contributed by atoms with Crippen molar-refractivity contribution in [3.05, 3.63) is 29.6 Å². The molecule has 0 amide bonds. The van der Waals surface area contributed by atoms with Gasteiger partial charge in [-0.25, -0.2) is 9.18 Å². The first kappa shape index (κ1) is 10.4. The molecule has 0 saturated heterocycles. The molecule has 6 heteroatoms. The number of fused-ring (bicyclic) bond motifs is 1. The lowest BCUT2D eigenvalue weighted by atomic mass is 10.00. The van der Waals surface area contributed by atoms with Crippen molar-refractivity contribution in [1.29, 1.82) is 0 Å². The van der Waals surface area contributed by atoms with Crippen molar-refractivity contribution in [2.24, 2.45) is 5.16 Å². The molecule has 16 heavy (non-hydrogen) atoms. The Morgan fingerprint density at radius 3 is 2.94 bits per heavy atom. The minimum atomic E-state index is -1.16. The number of carbonyl (C=O) groups is 1. The van der Waals surface area contributed by atoms with Gasteiger partial charge in [-0.3, -0.25) is 0 Å². The van der Waals surface area contributed by atoms with Gasteiger partial charge in [0, 0.05) is 12.0 Å². The molecule has 0 saturated carbocycles. The third kappa shape index (κ3) is 1.69. The van der Waals surface area contributed by atoms with Gasteiger partial charge in [0.25, 0.3) is 0 Å². The summed E-state index contributed by atoms with van der Waals surface area (Å²) in [7, 11) is 0. The summed E-state index contributed by atoms with van der Waals surface area (Å²) in [5.41, 5.74) is 0.383. The van der Waals surface area contributed by atoms with Crippen LogP contribution < -0.4 is 4.74 Å². The molecular weight excluding hydrogens is 217 g/mol. The Hall–Kier alpha value is -2.11. The van der Waals surface area contributed by atoms with E-state index in [1.54, 1.807) is 0 Å². The van der Waals surface area contributed by atoms with Gasteiger partial charge in [0.05, 0.1) is 5.71 Å². The van der Waals surface area contributed by atoms with Gasteiger partial charge in [0.15, 0.2) is 0 Å². The van der Waals surface area contributed by atoms with E-state index in [0.717, 1.165) is 12.1 Å². The number of carboxylic acids is 1. The molecule has 1 atom stereocenters. The zero-order chi connectivity index (χ0) is 11.7. The topological polar surface area (TPSA) is 79.1 Å². The number of benzene rings is 1. The maximum Gasteiger partial charge on any atom is 0.345 e. The van der Waals surface area contributed by atoms with Gasteiger partial charge in [-0.05, 0) is 18.2 Å². The molecular formula is C10H8FNO4. The van der Waals surface area contributed by atoms with E-state index in [2.05, 4.69) is 5.16 Å². The summed E-state index contributed by atoms with van der Waals surface area (Å²) in [6, 6.07) is 3.60. The maximum absolute atomic E-state index is 13.0. The van der Waals surface area contributed by atoms with E-state index in [1.807, 2.05) is 0 Å². The van der Waals surface area contributed by atoms with Crippen LogP contribution in [0.3, 0.4) is 0 Å². The highest BCUT2D eigenvalue weighted by Crippen LogP contribution is 2.28. The molecule has 0 fully saturated rings. The van der Waals surface area contributed by atoms with E-state index in [9.17, 15) is 9.18 Å².